The zero-order valence-corrected chi connectivity index (χ0v) is 14.8. The number of quaternary nitrogens is 1. The summed E-state index contributed by atoms with van der Waals surface area (Å²) in [6, 6.07) is 13.0. The van der Waals surface area contributed by atoms with Gasteiger partial charge in [0, 0.05) is 0 Å². The third-order valence-electron chi connectivity index (χ3n) is 3.52. The molecule has 1 aromatic heterocycles. The Hall–Kier alpha value is -1.68. The van der Waals surface area contributed by atoms with Gasteiger partial charge in [0.2, 0.25) is 0 Å². The van der Waals surface area contributed by atoms with Crippen LogP contribution in [0.4, 0.5) is 5.69 Å². The summed E-state index contributed by atoms with van der Waals surface area (Å²) in [4.78, 5) is 14.7. The molecule has 2 aromatic rings. The smallest absolute Gasteiger partial charge is 0.282 e. The minimum Gasteiger partial charge on any atom is -0.323 e. The van der Waals surface area contributed by atoms with Gasteiger partial charge in [0.15, 0.2) is 6.04 Å². The van der Waals surface area contributed by atoms with Gasteiger partial charge in [-0.25, -0.2) is 0 Å². The molecule has 22 heavy (non-hydrogen) atoms. The summed E-state index contributed by atoms with van der Waals surface area (Å²) in [7, 11) is 1.99. The van der Waals surface area contributed by atoms with E-state index in [2.05, 4.69) is 33.4 Å². The van der Waals surface area contributed by atoms with Crippen LogP contribution in [-0.2, 0) is 11.3 Å². The average Bonchev–Trinajstić information content (AvgIpc) is 2.92. The standard InChI is InChI=1S/C16H16BrN3OS/c1-11(20(2)10-13-7-8-15(17)22-13)16(21)19-14-6-4-3-5-12(14)9-18/h3-8,11H,10H2,1-2H3,(H,19,21)/p+1/t11-/m0/s1. The van der Waals surface area contributed by atoms with E-state index in [1.807, 2.05) is 20.0 Å². The second kappa shape index (κ2) is 7.54. The van der Waals surface area contributed by atoms with E-state index in [-0.39, 0.29) is 11.9 Å². The van der Waals surface area contributed by atoms with Gasteiger partial charge in [0.1, 0.15) is 12.6 Å². The van der Waals surface area contributed by atoms with Crippen LogP contribution in [0.25, 0.3) is 0 Å². The zero-order chi connectivity index (χ0) is 16.1. The van der Waals surface area contributed by atoms with E-state index in [0.717, 1.165) is 15.2 Å². The summed E-state index contributed by atoms with van der Waals surface area (Å²) >= 11 is 5.12. The molecule has 4 nitrogen and oxygen atoms in total. The molecule has 0 aliphatic carbocycles. The number of nitrogens with zero attached hydrogens (tertiary/aromatic N) is 1. The van der Waals surface area contributed by atoms with E-state index in [9.17, 15) is 4.79 Å². The second-order valence-electron chi connectivity index (χ2n) is 5.10. The van der Waals surface area contributed by atoms with Crippen molar-refractivity contribution in [3.05, 3.63) is 50.6 Å². The SMILES string of the molecule is C[C@@H](C(=O)Nc1ccccc1C#N)[NH+](C)Cc1ccc(Br)s1. The van der Waals surface area contributed by atoms with Crippen LogP contribution in [0.1, 0.15) is 17.4 Å². The van der Waals surface area contributed by atoms with Crippen LogP contribution in [0, 0.1) is 11.3 Å². The van der Waals surface area contributed by atoms with E-state index in [1.54, 1.807) is 35.6 Å². The fraction of sp³-hybridized carbons (Fsp3) is 0.250. The van der Waals surface area contributed by atoms with Gasteiger partial charge in [0.05, 0.1) is 27.0 Å². The summed E-state index contributed by atoms with van der Waals surface area (Å²) in [5.41, 5.74) is 1.04. The van der Waals surface area contributed by atoms with Crippen molar-refractivity contribution in [1.82, 2.24) is 0 Å². The molecule has 1 heterocycles. The average molecular weight is 379 g/mol. The molecule has 2 atom stereocenters. The molecule has 1 unspecified atom stereocenters. The summed E-state index contributed by atoms with van der Waals surface area (Å²) in [5, 5.41) is 11.9. The highest BCUT2D eigenvalue weighted by molar-refractivity contribution is 9.11. The number of para-hydroxylation sites is 1. The Kier molecular flexibility index (Phi) is 5.72. The molecule has 0 aliphatic heterocycles. The van der Waals surface area contributed by atoms with Crippen molar-refractivity contribution in [1.29, 1.82) is 5.26 Å². The molecule has 0 saturated heterocycles. The number of nitriles is 1. The summed E-state index contributed by atoms with van der Waals surface area (Å²) in [6.45, 7) is 2.67. The Labute approximate surface area is 142 Å². The summed E-state index contributed by atoms with van der Waals surface area (Å²) < 4.78 is 1.09. The predicted octanol–water partition coefficient (Wildman–Crippen LogP) is 2.42. The highest BCUT2D eigenvalue weighted by Crippen LogP contribution is 2.21. The number of nitrogens with one attached hydrogen (secondary N) is 2. The van der Waals surface area contributed by atoms with Gasteiger partial charge in [-0.2, -0.15) is 5.26 Å². The highest BCUT2D eigenvalue weighted by Gasteiger charge is 2.23. The predicted molar refractivity (Wildman–Crippen MR) is 91.9 cm³/mol. The molecule has 0 radical (unpaired) electrons. The maximum Gasteiger partial charge on any atom is 0.282 e. The maximum absolute atomic E-state index is 12.4. The van der Waals surface area contributed by atoms with E-state index in [1.165, 1.54) is 4.88 Å². The van der Waals surface area contributed by atoms with E-state index in [0.29, 0.717) is 11.3 Å². The first-order chi connectivity index (χ1) is 10.5. The molecule has 0 bridgehead atoms. The monoisotopic (exact) mass is 378 g/mol. The van der Waals surface area contributed by atoms with E-state index >= 15 is 0 Å². The Morgan fingerprint density at radius 3 is 2.77 bits per heavy atom. The first-order valence-electron chi connectivity index (χ1n) is 6.87. The molecule has 0 fully saturated rings. The second-order valence-corrected chi connectivity index (χ2v) is 7.64. The molecular formula is C16H17BrN3OS+. The highest BCUT2D eigenvalue weighted by atomic mass is 79.9. The molecule has 114 valence electrons. The lowest BCUT2D eigenvalue weighted by molar-refractivity contribution is -0.907. The number of carbonyl (C=O) groups is 1. The summed E-state index contributed by atoms with van der Waals surface area (Å²) in [6.07, 6.45) is 0. The number of carbonyl (C=O) groups excluding carboxylic acids is 1. The van der Waals surface area contributed by atoms with Gasteiger partial charge >= 0.3 is 0 Å². The fourth-order valence-corrected chi connectivity index (χ4v) is 3.61. The number of hydrogen-bond acceptors (Lipinski definition) is 3. The lowest BCUT2D eigenvalue weighted by Crippen LogP contribution is -3.12. The number of thiophene rings is 1. The fourth-order valence-electron chi connectivity index (χ4n) is 2.03. The van der Waals surface area contributed by atoms with E-state index < -0.39 is 0 Å². The quantitative estimate of drug-likeness (QED) is 0.839. The molecule has 0 saturated carbocycles. The number of likely N-dealkylation sites (N-methyl/N-ethyl adjacent to an activating group) is 1. The van der Waals surface area contributed by atoms with Gasteiger partial charge in [-0.05, 0) is 47.1 Å². The number of halogens is 1. The number of hydrogen-bond donors (Lipinski definition) is 2. The van der Waals surface area contributed by atoms with Crippen molar-refractivity contribution in [3.63, 3.8) is 0 Å². The Bertz CT molecular complexity index is 707. The third-order valence-corrected chi connectivity index (χ3v) is 5.14. The van der Waals surface area contributed by atoms with Crippen molar-refractivity contribution in [2.75, 3.05) is 12.4 Å². The van der Waals surface area contributed by atoms with Crippen molar-refractivity contribution in [2.45, 2.75) is 19.5 Å². The van der Waals surface area contributed by atoms with Gasteiger partial charge in [-0.3, -0.25) is 4.79 Å². The molecule has 2 rings (SSSR count). The van der Waals surface area contributed by atoms with Crippen molar-refractivity contribution in [3.8, 4) is 6.07 Å². The van der Waals surface area contributed by atoms with Crippen LogP contribution >= 0.6 is 27.3 Å². The minimum atomic E-state index is -0.215. The number of benzene rings is 1. The van der Waals surface area contributed by atoms with Crippen LogP contribution in [0.2, 0.25) is 0 Å². The number of anilines is 1. The van der Waals surface area contributed by atoms with Crippen LogP contribution < -0.4 is 10.2 Å². The van der Waals surface area contributed by atoms with Gasteiger partial charge in [-0.15, -0.1) is 11.3 Å². The maximum atomic E-state index is 12.4. The van der Waals surface area contributed by atoms with Crippen LogP contribution in [0.3, 0.4) is 0 Å². The topological polar surface area (TPSA) is 57.3 Å². The molecule has 2 N–H and O–H groups in total. The molecular weight excluding hydrogens is 362 g/mol. The van der Waals surface area contributed by atoms with Gasteiger partial charge in [0.25, 0.3) is 5.91 Å². The largest absolute Gasteiger partial charge is 0.323 e. The first kappa shape index (κ1) is 16.7. The van der Waals surface area contributed by atoms with E-state index in [4.69, 9.17) is 5.26 Å². The van der Waals surface area contributed by atoms with Crippen molar-refractivity contribution in [2.24, 2.45) is 0 Å². The molecule has 0 aliphatic rings. The Morgan fingerprint density at radius 1 is 1.41 bits per heavy atom. The number of rotatable bonds is 5. The third kappa shape index (κ3) is 4.17. The van der Waals surface area contributed by atoms with Crippen LogP contribution in [-0.4, -0.2) is 19.0 Å². The normalized spacial score (nSPS) is 13.2. The first-order valence-corrected chi connectivity index (χ1v) is 8.48. The number of amides is 1. The van der Waals surface area contributed by atoms with Crippen molar-refractivity contribution < 1.29 is 9.69 Å². The summed E-state index contributed by atoms with van der Waals surface area (Å²) in [5.74, 6) is -0.0872. The van der Waals surface area contributed by atoms with Gasteiger partial charge in [-0.1, -0.05) is 12.1 Å². The molecule has 1 amide bonds. The Morgan fingerprint density at radius 2 is 2.14 bits per heavy atom. The Balaban J connectivity index is 2.01. The zero-order valence-electron chi connectivity index (χ0n) is 12.4. The van der Waals surface area contributed by atoms with Crippen molar-refractivity contribution >= 4 is 38.9 Å². The van der Waals surface area contributed by atoms with Gasteiger partial charge < -0.3 is 10.2 Å². The lowest BCUT2D eigenvalue weighted by atomic mass is 10.2. The van der Waals surface area contributed by atoms with Crippen LogP contribution in [0.5, 0.6) is 0 Å². The molecule has 1 aromatic carbocycles. The molecule has 6 heteroatoms. The van der Waals surface area contributed by atoms with Crippen LogP contribution in [0.15, 0.2) is 40.2 Å². The molecule has 0 spiro atoms. The lowest BCUT2D eigenvalue weighted by Gasteiger charge is -2.20. The minimum absolute atomic E-state index is 0.0872.